The van der Waals surface area contributed by atoms with Gasteiger partial charge in [0.05, 0.1) is 17.4 Å². The van der Waals surface area contributed by atoms with Crippen molar-refractivity contribution >= 4 is 52.6 Å². The third-order valence-electron chi connectivity index (χ3n) is 8.42. The van der Waals surface area contributed by atoms with Crippen LogP contribution < -0.4 is 20.3 Å². The van der Waals surface area contributed by atoms with E-state index in [4.69, 9.17) is 16.3 Å². The van der Waals surface area contributed by atoms with Crippen LogP contribution in [0.1, 0.15) is 42.9 Å². The first kappa shape index (κ1) is 28.7. The predicted molar refractivity (Wildman–Crippen MR) is 169 cm³/mol. The van der Waals surface area contributed by atoms with Crippen molar-refractivity contribution in [1.29, 1.82) is 0 Å². The van der Waals surface area contributed by atoms with Crippen molar-refractivity contribution in [3.05, 3.63) is 83.0 Å². The summed E-state index contributed by atoms with van der Waals surface area (Å²) in [5.41, 5.74) is 3.12. The summed E-state index contributed by atoms with van der Waals surface area (Å²) in [6, 6.07) is 15.9. The number of thioether (sulfide) groups is 1. The summed E-state index contributed by atoms with van der Waals surface area (Å²) in [4.78, 5) is 48.2. The van der Waals surface area contributed by atoms with Crippen molar-refractivity contribution in [2.45, 2.75) is 55.0 Å². The minimum Gasteiger partial charge on any atom is -0.457 e. The Morgan fingerprint density at radius 2 is 1.91 bits per heavy atom. The highest BCUT2D eigenvalue weighted by Gasteiger charge is 2.47. The Hall–Kier alpha value is -4.02. The van der Waals surface area contributed by atoms with Crippen molar-refractivity contribution in [2.24, 2.45) is 5.92 Å². The summed E-state index contributed by atoms with van der Waals surface area (Å²) in [6.07, 6.45) is 7.22. The quantitative estimate of drug-likeness (QED) is 0.302. The number of halogens is 1. The lowest BCUT2D eigenvalue weighted by Gasteiger charge is -2.36. The Bertz CT molecular complexity index is 1660. The van der Waals surface area contributed by atoms with E-state index >= 15 is 0 Å². The molecule has 9 nitrogen and oxygen atoms in total. The molecule has 4 amide bonds. The molecule has 11 heteroatoms. The lowest BCUT2D eigenvalue weighted by molar-refractivity contribution is -0.129. The number of hydrogen-bond acceptors (Lipinski definition) is 6. The Morgan fingerprint density at radius 1 is 1.09 bits per heavy atom. The molecule has 2 aromatic carbocycles. The number of hydrogen-bond donors (Lipinski definition) is 2. The molecule has 3 aromatic rings. The van der Waals surface area contributed by atoms with Crippen molar-refractivity contribution < 1.29 is 19.1 Å². The first-order valence-corrected chi connectivity index (χ1v) is 16.2. The van der Waals surface area contributed by atoms with Crippen molar-refractivity contribution in [1.82, 2.24) is 20.5 Å². The van der Waals surface area contributed by atoms with E-state index in [1.165, 1.54) is 11.8 Å². The number of likely N-dealkylation sites (tertiary alicyclic amines) is 1. The molecule has 1 saturated heterocycles. The van der Waals surface area contributed by atoms with Crippen LogP contribution in [0.2, 0.25) is 0 Å². The second kappa shape index (κ2) is 11.8. The van der Waals surface area contributed by atoms with Gasteiger partial charge in [-0.3, -0.25) is 14.5 Å². The molecule has 1 aliphatic carbocycles. The fourth-order valence-electron chi connectivity index (χ4n) is 6.09. The third-order valence-corrected chi connectivity index (χ3v) is 9.99. The van der Waals surface area contributed by atoms with Crippen LogP contribution in [0.15, 0.2) is 76.9 Å². The van der Waals surface area contributed by atoms with E-state index in [1.54, 1.807) is 16.0 Å². The first-order valence-electron chi connectivity index (χ1n) is 14.9. The van der Waals surface area contributed by atoms with Crippen LogP contribution in [0.25, 0.3) is 0 Å². The number of carbonyl (C=O) groups excluding carboxylic acids is 3. The van der Waals surface area contributed by atoms with Gasteiger partial charge in [-0.1, -0.05) is 47.6 Å². The number of piperidine rings is 1. The van der Waals surface area contributed by atoms with Gasteiger partial charge in [0.2, 0.25) is 5.91 Å². The minimum absolute atomic E-state index is 0.177. The zero-order chi connectivity index (χ0) is 30.4. The van der Waals surface area contributed by atoms with Gasteiger partial charge in [-0.2, -0.15) is 0 Å². The summed E-state index contributed by atoms with van der Waals surface area (Å²) in [5, 5.41) is 6.63. The maximum Gasteiger partial charge on any atom is 0.327 e. The number of urea groups is 1. The van der Waals surface area contributed by atoms with Crippen LogP contribution in [0.5, 0.6) is 11.5 Å². The number of amides is 4. The van der Waals surface area contributed by atoms with E-state index in [2.05, 4.69) is 15.6 Å². The average molecular weight is 630 g/mol. The van der Waals surface area contributed by atoms with E-state index in [9.17, 15) is 14.4 Å². The summed E-state index contributed by atoms with van der Waals surface area (Å²) < 4.78 is 5.99. The molecule has 2 fully saturated rings. The number of nitrogens with one attached hydrogen (secondary N) is 2. The molecule has 44 heavy (non-hydrogen) atoms. The van der Waals surface area contributed by atoms with Crippen molar-refractivity contribution in [3.8, 4) is 11.5 Å². The SMILES string of the molecule is Cc1cc(Oc2ccccc2)ccc1N1C(=O)NC2c3c1ccnc3S[C@H]2C(=O)NC1CCCN(C(=O)C(Cl)=CC2CC2)C1. The van der Waals surface area contributed by atoms with E-state index in [0.29, 0.717) is 36.1 Å². The molecule has 4 aliphatic rings. The van der Waals surface area contributed by atoms with Crippen LogP contribution in [-0.2, 0) is 9.59 Å². The molecule has 0 bridgehead atoms. The number of allylic oxidation sites excluding steroid dienone is 1. The molecule has 0 radical (unpaired) electrons. The Labute approximate surface area is 265 Å². The van der Waals surface area contributed by atoms with E-state index in [1.807, 2.05) is 67.6 Å². The van der Waals surface area contributed by atoms with Crippen molar-refractivity contribution in [2.75, 3.05) is 18.0 Å². The maximum absolute atomic E-state index is 13.7. The largest absolute Gasteiger partial charge is 0.457 e. The molecule has 2 N–H and O–H groups in total. The zero-order valence-electron chi connectivity index (χ0n) is 24.2. The molecular formula is C33H32ClN5O4S. The number of pyridine rings is 1. The molecule has 226 valence electrons. The lowest BCUT2D eigenvalue weighted by atomic mass is 9.98. The highest BCUT2D eigenvalue weighted by atomic mass is 35.5. The van der Waals surface area contributed by atoms with Crippen LogP contribution in [0.3, 0.4) is 0 Å². The van der Waals surface area contributed by atoms with Gasteiger partial charge < -0.3 is 20.3 Å². The fourth-order valence-corrected chi connectivity index (χ4v) is 7.62. The number of carbonyl (C=O) groups is 3. The Morgan fingerprint density at radius 3 is 2.68 bits per heavy atom. The molecule has 4 heterocycles. The lowest BCUT2D eigenvalue weighted by Crippen LogP contribution is -2.53. The minimum atomic E-state index is -0.586. The van der Waals surface area contributed by atoms with E-state index < -0.39 is 11.3 Å². The zero-order valence-corrected chi connectivity index (χ0v) is 25.7. The van der Waals surface area contributed by atoms with E-state index in [-0.39, 0.29) is 28.9 Å². The monoisotopic (exact) mass is 629 g/mol. The molecule has 1 aromatic heterocycles. The van der Waals surface area contributed by atoms with Crippen LogP contribution in [0.4, 0.5) is 16.2 Å². The molecule has 2 unspecified atom stereocenters. The van der Waals surface area contributed by atoms with Gasteiger partial charge in [-0.05, 0) is 80.5 Å². The first-order chi connectivity index (χ1) is 21.4. The molecule has 3 aliphatic heterocycles. The van der Waals surface area contributed by atoms with Crippen LogP contribution in [0, 0.1) is 12.8 Å². The highest BCUT2D eigenvalue weighted by molar-refractivity contribution is 8.01. The normalized spacial score (nSPS) is 22.7. The van der Waals surface area contributed by atoms with E-state index in [0.717, 1.165) is 47.6 Å². The average Bonchev–Trinajstić information content (AvgIpc) is 3.76. The number of aromatic nitrogens is 1. The second-order valence-corrected chi connectivity index (χ2v) is 13.2. The number of rotatable bonds is 7. The molecule has 1 saturated carbocycles. The standard InChI is InChI=1S/C33H32ClN5O4S/c1-19-16-23(43-22-7-3-2-4-8-22)11-12-25(19)39-26-13-14-35-31-27(26)28(37-33(39)42)29(44-31)30(40)36-21-6-5-15-38(18-21)32(41)24(34)17-20-9-10-20/h2-4,7-8,11-14,16-17,20-21,28-29H,5-6,9-10,15,18H2,1H3,(H,36,40)(H,37,42)/t21?,28?,29-/m1/s1. The van der Waals surface area contributed by atoms with Gasteiger partial charge in [0.25, 0.3) is 5.91 Å². The summed E-state index contributed by atoms with van der Waals surface area (Å²) in [6.45, 7) is 2.96. The second-order valence-electron chi connectivity index (χ2n) is 11.7. The van der Waals surface area contributed by atoms with Gasteiger partial charge in [0.1, 0.15) is 26.8 Å². The molecular weight excluding hydrogens is 598 g/mol. The number of aryl methyl sites for hydroxylation is 1. The van der Waals surface area contributed by atoms with Gasteiger partial charge in [0.15, 0.2) is 0 Å². The van der Waals surface area contributed by atoms with Crippen LogP contribution in [-0.4, -0.2) is 52.1 Å². The fraction of sp³-hybridized carbons (Fsp3) is 0.333. The molecule has 7 rings (SSSR count). The number of para-hydroxylation sites is 1. The van der Waals surface area contributed by atoms with Gasteiger partial charge in [-0.15, -0.1) is 0 Å². The number of nitrogens with zero attached hydrogens (tertiary/aromatic N) is 3. The van der Waals surface area contributed by atoms with Gasteiger partial charge in [-0.25, -0.2) is 9.78 Å². The predicted octanol–water partition coefficient (Wildman–Crippen LogP) is 6.20. The topological polar surface area (TPSA) is 104 Å². The van der Waals surface area contributed by atoms with Gasteiger partial charge in [0, 0.05) is 30.9 Å². The summed E-state index contributed by atoms with van der Waals surface area (Å²) in [5.74, 6) is 1.45. The highest BCUT2D eigenvalue weighted by Crippen LogP contribution is 2.51. The summed E-state index contributed by atoms with van der Waals surface area (Å²) >= 11 is 7.67. The summed E-state index contributed by atoms with van der Waals surface area (Å²) in [7, 11) is 0. The third kappa shape index (κ3) is 5.64. The smallest absolute Gasteiger partial charge is 0.327 e. The molecule has 0 spiro atoms. The molecule has 3 atom stereocenters. The maximum atomic E-state index is 13.7. The number of anilines is 2. The van der Waals surface area contributed by atoms with Crippen LogP contribution >= 0.6 is 23.4 Å². The number of benzene rings is 2. The number of ether oxygens (including phenoxy) is 1. The Balaban J connectivity index is 1.07. The van der Waals surface area contributed by atoms with Gasteiger partial charge >= 0.3 is 6.03 Å². The van der Waals surface area contributed by atoms with Crippen molar-refractivity contribution in [3.63, 3.8) is 0 Å². The Kier molecular flexibility index (Phi) is 7.72.